The first-order valence-corrected chi connectivity index (χ1v) is 17.9. The molecule has 0 N–H and O–H groups in total. The fourth-order valence-corrected chi connectivity index (χ4v) is 9.96. The fourth-order valence-electron chi connectivity index (χ4n) is 9.96. The molecule has 2 aromatic rings. The van der Waals surface area contributed by atoms with Gasteiger partial charge in [-0.3, -0.25) is 0 Å². The van der Waals surface area contributed by atoms with Gasteiger partial charge in [-0.15, -0.1) is 0 Å². The van der Waals surface area contributed by atoms with Crippen LogP contribution in [0.3, 0.4) is 0 Å². The number of rotatable bonds is 6. The van der Waals surface area contributed by atoms with Gasteiger partial charge < -0.3 is 14.2 Å². The van der Waals surface area contributed by atoms with Crippen molar-refractivity contribution in [2.75, 3.05) is 13.2 Å². The van der Waals surface area contributed by atoms with E-state index in [1.54, 1.807) is 0 Å². The summed E-state index contributed by atoms with van der Waals surface area (Å²) < 4.78 is 19.1. The summed E-state index contributed by atoms with van der Waals surface area (Å²) >= 11 is 0. The van der Waals surface area contributed by atoms with Gasteiger partial charge in [0.15, 0.2) is 0 Å². The largest absolute Gasteiger partial charge is 0.457 e. The van der Waals surface area contributed by atoms with E-state index in [-0.39, 0.29) is 12.2 Å². The fraction of sp³-hybridized carbons (Fsp3) is 0.600. The molecule has 4 bridgehead atoms. The van der Waals surface area contributed by atoms with Crippen LogP contribution < -0.4 is 4.74 Å². The third-order valence-corrected chi connectivity index (χ3v) is 12.2. The number of fused-ring (bicyclic) bond motifs is 6. The standard InChI is InChI=1S/C40H50O7/c1-24-14-29-18-26(3)40(34(17-24)19-29)42-23-38(45-47-40)28(5)32-8-12-36(13-9-32)43-35-10-6-31(7-11-35)27(4)37-22-41-39(46-44-37)21-30-15-25(2)16-33(39)20-30/h6-13,24-26,29-30,33-34,37-38H,4-5,14-23H2,1-3H3. The summed E-state index contributed by atoms with van der Waals surface area (Å²) in [7, 11) is 0. The van der Waals surface area contributed by atoms with E-state index < -0.39 is 11.6 Å². The van der Waals surface area contributed by atoms with Crippen LogP contribution in [0.25, 0.3) is 11.1 Å². The Kier molecular flexibility index (Phi) is 8.39. The number of hydrogen-bond acceptors (Lipinski definition) is 7. The van der Waals surface area contributed by atoms with E-state index in [9.17, 15) is 0 Å². The Morgan fingerprint density at radius 2 is 1.19 bits per heavy atom. The minimum Gasteiger partial charge on any atom is -0.457 e. The quantitative estimate of drug-likeness (QED) is 0.291. The maximum Gasteiger partial charge on any atom is 0.207 e. The van der Waals surface area contributed by atoms with Gasteiger partial charge in [0.05, 0.1) is 13.2 Å². The average Bonchev–Trinajstić information content (AvgIpc) is 3.32. The van der Waals surface area contributed by atoms with E-state index in [0.29, 0.717) is 42.8 Å². The molecular weight excluding hydrogens is 592 g/mol. The highest BCUT2D eigenvalue weighted by Gasteiger charge is 2.57. The van der Waals surface area contributed by atoms with E-state index in [0.717, 1.165) is 71.3 Å². The second kappa shape index (κ2) is 12.4. The van der Waals surface area contributed by atoms with Gasteiger partial charge in [0.2, 0.25) is 11.6 Å². The number of ether oxygens (including phenoxy) is 3. The van der Waals surface area contributed by atoms with Crippen LogP contribution >= 0.6 is 0 Å². The SMILES string of the molecule is C=C(c1ccc(Oc2ccc(C(=C)C3COC4(OO3)C(C)CC3CC(C)CC4C3)cc2)cc1)C1COC2(CC3CC(C)CC2C3)OO1. The molecular formula is C40H50O7. The van der Waals surface area contributed by atoms with Crippen LogP contribution in [0.5, 0.6) is 11.5 Å². The monoisotopic (exact) mass is 642 g/mol. The minimum atomic E-state index is -0.636. The van der Waals surface area contributed by atoms with E-state index in [1.807, 2.05) is 48.5 Å². The molecule has 11 unspecified atom stereocenters. The van der Waals surface area contributed by atoms with E-state index in [1.165, 1.54) is 25.7 Å². The molecule has 2 saturated heterocycles. The molecule has 6 fully saturated rings. The summed E-state index contributed by atoms with van der Waals surface area (Å²) in [5, 5.41) is 0. The van der Waals surface area contributed by atoms with Gasteiger partial charge in [-0.25, -0.2) is 14.7 Å². The Labute approximate surface area is 279 Å². The first kappa shape index (κ1) is 31.7. The minimum absolute atomic E-state index is 0.313. The van der Waals surface area contributed by atoms with Gasteiger partial charge in [0, 0.05) is 24.2 Å². The zero-order valence-electron chi connectivity index (χ0n) is 28.2. The number of benzene rings is 2. The van der Waals surface area contributed by atoms with Crippen molar-refractivity contribution in [2.24, 2.45) is 41.4 Å². The molecule has 7 nitrogen and oxygen atoms in total. The first-order chi connectivity index (χ1) is 22.7. The maximum atomic E-state index is 6.56. The Hall–Kier alpha value is -2.52. The Balaban J connectivity index is 0.835. The summed E-state index contributed by atoms with van der Waals surface area (Å²) in [5.74, 6) is 4.24. The van der Waals surface area contributed by atoms with Gasteiger partial charge in [-0.1, -0.05) is 58.2 Å². The Morgan fingerprint density at radius 3 is 1.77 bits per heavy atom. The number of hydrogen-bond donors (Lipinski definition) is 0. The molecule has 7 heteroatoms. The van der Waals surface area contributed by atoms with Crippen molar-refractivity contribution in [2.45, 2.75) is 95.9 Å². The van der Waals surface area contributed by atoms with Crippen molar-refractivity contribution in [1.29, 1.82) is 0 Å². The lowest BCUT2D eigenvalue weighted by Gasteiger charge is -2.54. The van der Waals surface area contributed by atoms with Crippen molar-refractivity contribution in [1.82, 2.24) is 0 Å². The Bertz CT molecular complexity index is 1450. The normalized spacial score (nSPS) is 41.1. The highest BCUT2D eigenvalue weighted by molar-refractivity contribution is 5.68. The van der Waals surface area contributed by atoms with Gasteiger partial charge in [-0.05, 0) is 115 Å². The van der Waals surface area contributed by atoms with Crippen molar-refractivity contribution < 1.29 is 33.8 Å². The van der Waals surface area contributed by atoms with Crippen LogP contribution in [0.2, 0.25) is 0 Å². The molecule has 8 rings (SSSR count). The summed E-state index contributed by atoms with van der Waals surface area (Å²) in [4.78, 5) is 24.2. The second-order valence-corrected chi connectivity index (χ2v) is 15.8. The molecule has 252 valence electrons. The van der Waals surface area contributed by atoms with Crippen LogP contribution in [0.1, 0.15) is 83.3 Å². The van der Waals surface area contributed by atoms with Crippen LogP contribution in [0.15, 0.2) is 61.7 Å². The van der Waals surface area contributed by atoms with Crippen molar-refractivity contribution in [3.8, 4) is 11.5 Å². The molecule has 0 radical (unpaired) electrons. The lowest BCUT2D eigenvalue weighted by Crippen LogP contribution is -2.59. The predicted octanol–water partition coefficient (Wildman–Crippen LogP) is 9.14. The second-order valence-electron chi connectivity index (χ2n) is 15.8. The summed E-state index contributed by atoms with van der Waals surface area (Å²) in [5.41, 5.74) is 3.61. The molecule has 2 heterocycles. The van der Waals surface area contributed by atoms with Gasteiger partial charge >= 0.3 is 0 Å². The third kappa shape index (κ3) is 5.91. The van der Waals surface area contributed by atoms with E-state index in [4.69, 9.17) is 33.8 Å². The lowest BCUT2D eigenvalue weighted by molar-refractivity contribution is -0.509. The molecule has 2 aromatic carbocycles. The van der Waals surface area contributed by atoms with E-state index >= 15 is 0 Å². The molecule has 4 saturated carbocycles. The lowest BCUT2D eigenvalue weighted by atomic mass is 9.62. The Morgan fingerprint density at radius 1 is 0.638 bits per heavy atom. The maximum absolute atomic E-state index is 6.56. The van der Waals surface area contributed by atoms with Gasteiger partial charge in [0.25, 0.3) is 0 Å². The molecule has 6 aliphatic rings. The molecule has 11 atom stereocenters. The summed E-state index contributed by atoms with van der Waals surface area (Å²) in [6.45, 7) is 16.5. The van der Waals surface area contributed by atoms with Crippen molar-refractivity contribution in [3.63, 3.8) is 0 Å². The van der Waals surface area contributed by atoms with Crippen molar-refractivity contribution in [3.05, 3.63) is 72.8 Å². The molecule has 0 aromatic heterocycles. The average molecular weight is 643 g/mol. The molecule has 47 heavy (non-hydrogen) atoms. The first-order valence-electron chi connectivity index (χ1n) is 17.9. The van der Waals surface area contributed by atoms with Gasteiger partial charge in [-0.2, -0.15) is 4.89 Å². The van der Waals surface area contributed by atoms with Crippen LogP contribution in [-0.4, -0.2) is 37.0 Å². The third-order valence-electron chi connectivity index (χ3n) is 12.2. The summed E-state index contributed by atoms with van der Waals surface area (Å²) in [6.07, 6.45) is 8.57. The predicted molar refractivity (Wildman–Crippen MR) is 179 cm³/mol. The van der Waals surface area contributed by atoms with Gasteiger partial charge in [0.1, 0.15) is 23.7 Å². The smallest absolute Gasteiger partial charge is 0.207 e. The topological polar surface area (TPSA) is 64.6 Å². The van der Waals surface area contributed by atoms with Crippen LogP contribution in [-0.2, 0) is 29.0 Å². The van der Waals surface area contributed by atoms with Crippen molar-refractivity contribution >= 4 is 11.1 Å². The summed E-state index contributed by atoms with van der Waals surface area (Å²) in [6, 6.07) is 15.8. The molecule has 2 spiro atoms. The van der Waals surface area contributed by atoms with E-state index in [2.05, 4.69) is 33.9 Å². The highest BCUT2D eigenvalue weighted by Crippen LogP contribution is 2.55. The molecule has 0 amide bonds. The highest BCUT2D eigenvalue weighted by atomic mass is 17.2. The molecule has 2 aliphatic heterocycles. The zero-order chi connectivity index (χ0) is 32.3. The molecule has 4 aliphatic carbocycles. The zero-order valence-corrected chi connectivity index (χ0v) is 28.2. The van der Waals surface area contributed by atoms with Crippen LogP contribution in [0.4, 0.5) is 0 Å². The van der Waals surface area contributed by atoms with Crippen LogP contribution in [0, 0.1) is 41.4 Å².